The molecule has 17 heteroatoms. The maximum absolute atomic E-state index is 13.2. The van der Waals surface area contributed by atoms with Crippen molar-refractivity contribution in [3.63, 3.8) is 0 Å². The van der Waals surface area contributed by atoms with E-state index in [2.05, 4.69) is 25.9 Å². The Bertz CT molecular complexity index is 919. The highest BCUT2D eigenvalue weighted by Crippen LogP contribution is 2.10. The third-order valence-electron chi connectivity index (χ3n) is 5.97. The molecule has 0 heterocycles. The van der Waals surface area contributed by atoms with Crippen LogP contribution in [0.1, 0.15) is 58.8 Å². The van der Waals surface area contributed by atoms with E-state index in [1.165, 1.54) is 0 Å². The van der Waals surface area contributed by atoms with Crippen molar-refractivity contribution in [3.05, 3.63) is 0 Å². The molecule has 0 aliphatic carbocycles. The van der Waals surface area contributed by atoms with Crippen LogP contribution in [0.25, 0.3) is 0 Å². The fourth-order valence-corrected chi connectivity index (χ4v) is 3.47. The van der Waals surface area contributed by atoms with Gasteiger partial charge in [-0.25, -0.2) is 4.79 Å². The summed E-state index contributed by atoms with van der Waals surface area (Å²) in [5.74, 6) is -4.83. The third-order valence-corrected chi connectivity index (χ3v) is 5.97. The molecule has 0 rings (SSSR count). The number of nitrogens with two attached hydrogens (primary N) is 6. The number of carboxylic acid groups (broad SMARTS) is 1. The summed E-state index contributed by atoms with van der Waals surface area (Å²) in [6.45, 7) is 3.84. The van der Waals surface area contributed by atoms with E-state index in [4.69, 9.17) is 34.4 Å². The van der Waals surface area contributed by atoms with Crippen molar-refractivity contribution in [1.82, 2.24) is 16.0 Å². The molecular weight excluding hydrogens is 526 g/mol. The number of primary amides is 1. The highest BCUT2D eigenvalue weighted by atomic mass is 16.4. The standard InChI is InChI=1S/C23H45N11O6/c1-3-12(2)17(21(39)40)34-20(38)15(8-9-16(25)35)33-19(37)14(7-5-11-31-23(28)29)32-18(36)13(24)6-4-10-30-22(26)27/h12-15,17H,3-11,24H2,1-2H3,(H2,25,35)(H,32,36)(H,33,37)(H,34,38)(H,39,40)(H4,26,27,30)(H4,28,29,31). The van der Waals surface area contributed by atoms with E-state index in [0.29, 0.717) is 12.8 Å². The van der Waals surface area contributed by atoms with Crippen LogP contribution in [-0.2, 0) is 24.0 Å². The first-order valence-corrected chi connectivity index (χ1v) is 13.0. The molecule has 40 heavy (non-hydrogen) atoms. The van der Waals surface area contributed by atoms with Crippen molar-refractivity contribution < 1.29 is 29.1 Å². The first-order valence-electron chi connectivity index (χ1n) is 13.0. The van der Waals surface area contributed by atoms with Gasteiger partial charge in [-0.2, -0.15) is 0 Å². The zero-order chi connectivity index (χ0) is 30.8. The van der Waals surface area contributed by atoms with Crippen molar-refractivity contribution >= 4 is 41.5 Å². The maximum Gasteiger partial charge on any atom is 0.326 e. The van der Waals surface area contributed by atoms with Crippen molar-refractivity contribution in [3.8, 4) is 0 Å². The van der Waals surface area contributed by atoms with E-state index >= 15 is 0 Å². The summed E-state index contributed by atoms with van der Waals surface area (Å²) >= 11 is 0. The summed E-state index contributed by atoms with van der Waals surface area (Å²) in [6.07, 6.45) is 0.990. The van der Waals surface area contributed by atoms with Crippen molar-refractivity contribution in [2.75, 3.05) is 13.1 Å². The van der Waals surface area contributed by atoms with Crippen molar-refractivity contribution in [1.29, 1.82) is 0 Å². The van der Waals surface area contributed by atoms with Gasteiger partial charge in [-0.15, -0.1) is 0 Å². The van der Waals surface area contributed by atoms with Gasteiger partial charge < -0.3 is 55.5 Å². The fourth-order valence-electron chi connectivity index (χ4n) is 3.47. The SMILES string of the molecule is CCC(C)C(NC(=O)C(CCC(N)=O)NC(=O)C(CCCN=C(N)N)NC(=O)C(N)CCCN=C(N)N)C(=O)O. The minimum Gasteiger partial charge on any atom is -0.480 e. The number of hydrogen-bond acceptors (Lipinski definition) is 8. The van der Waals surface area contributed by atoms with Gasteiger partial charge in [0, 0.05) is 19.5 Å². The molecule has 0 aliphatic heterocycles. The maximum atomic E-state index is 13.2. The van der Waals surface area contributed by atoms with Gasteiger partial charge in [-0.1, -0.05) is 20.3 Å². The first-order chi connectivity index (χ1) is 18.7. The number of aliphatic imine (C=N–C) groups is 2. The van der Waals surface area contributed by atoms with Gasteiger partial charge in [0.1, 0.15) is 18.1 Å². The summed E-state index contributed by atoms with van der Waals surface area (Å²) in [5.41, 5.74) is 32.4. The molecule has 0 fully saturated rings. The van der Waals surface area contributed by atoms with Crippen LogP contribution >= 0.6 is 0 Å². The molecule has 16 N–H and O–H groups in total. The molecule has 0 saturated carbocycles. The Morgan fingerprint density at radius 2 is 1.23 bits per heavy atom. The number of carbonyl (C=O) groups excluding carboxylic acids is 4. The number of carbonyl (C=O) groups is 5. The number of aliphatic carboxylic acids is 1. The van der Waals surface area contributed by atoms with Crippen molar-refractivity contribution in [2.45, 2.75) is 83.0 Å². The van der Waals surface area contributed by atoms with Crippen LogP contribution in [-0.4, -0.2) is 83.9 Å². The number of carboxylic acids is 1. The quantitative estimate of drug-likeness (QED) is 0.0384. The van der Waals surface area contributed by atoms with E-state index in [-0.39, 0.29) is 57.1 Å². The topological polar surface area (TPSA) is 323 Å². The van der Waals surface area contributed by atoms with Crippen LogP contribution in [0.15, 0.2) is 9.98 Å². The predicted octanol–water partition coefficient (Wildman–Crippen LogP) is -3.73. The van der Waals surface area contributed by atoms with E-state index in [9.17, 15) is 29.1 Å². The van der Waals surface area contributed by atoms with Gasteiger partial charge in [-0.3, -0.25) is 29.2 Å². The molecule has 0 radical (unpaired) electrons. The normalized spacial score (nSPS) is 14.4. The number of guanidine groups is 2. The van der Waals surface area contributed by atoms with Crippen molar-refractivity contribution in [2.24, 2.45) is 50.3 Å². The van der Waals surface area contributed by atoms with Gasteiger partial charge in [-0.05, 0) is 38.0 Å². The highest BCUT2D eigenvalue weighted by Gasteiger charge is 2.32. The average molecular weight is 572 g/mol. The molecule has 4 amide bonds. The molecule has 5 unspecified atom stereocenters. The van der Waals surface area contributed by atoms with Crippen LogP contribution in [0, 0.1) is 5.92 Å². The molecule has 0 aromatic carbocycles. The lowest BCUT2D eigenvalue weighted by atomic mass is 9.98. The van der Waals surface area contributed by atoms with Crippen LogP contribution < -0.4 is 50.4 Å². The predicted molar refractivity (Wildman–Crippen MR) is 149 cm³/mol. The lowest BCUT2D eigenvalue weighted by Gasteiger charge is -2.26. The van der Waals surface area contributed by atoms with Crippen LogP contribution in [0.3, 0.4) is 0 Å². The number of amides is 4. The molecule has 0 saturated heterocycles. The molecule has 0 aromatic rings. The number of hydrogen-bond donors (Lipinski definition) is 10. The number of rotatable bonds is 20. The van der Waals surface area contributed by atoms with Crippen LogP contribution in [0.2, 0.25) is 0 Å². The smallest absolute Gasteiger partial charge is 0.326 e. The summed E-state index contributed by atoms with van der Waals surface area (Å²) in [6, 6.07) is -4.67. The van der Waals surface area contributed by atoms with Gasteiger partial charge in [0.15, 0.2) is 11.9 Å². The molecule has 5 atom stereocenters. The molecular formula is C23H45N11O6. The zero-order valence-corrected chi connectivity index (χ0v) is 23.1. The fraction of sp³-hybridized carbons (Fsp3) is 0.696. The van der Waals surface area contributed by atoms with E-state index < -0.39 is 59.7 Å². The Labute approximate surface area is 233 Å². The summed E-state index contributed by atoms with van der Waals surface area (Å²) < 4.78 is 0. The number of nitrogens with zero attached hydrogens (tertiary/aromatic N) is 2. The minimum absolute atomic E-state index is 0.0733. The molecule has 17 nitrogen and oxygen atoms in total. The second kappa shape index (κ2) is 19.0. The average Bonchev–Trinajstić information content (AvgIpc) is 2.87. The van der Waals surface area contributed by atoms with Gasteiger partial charge >= 0.3 is 5.97 Å². The Kier molecular flexibility index (Phi) is 17.0. The van der Waals surface area contributed by atoms with E-state index in [1.54, 1.807) is 13.8 Å². The molecule has 0 bridgehead atoms. The highest BCUT2D eigenvalue weighted by molar-refractivity contribution is 5.94. The zero-order valence-electron chi connectivity index (χ0n) is 23.1. The second-order valence-electron chi connectivity index (χ2n) is 9.34. The third kappa shape index (κ3) is 15.3. The Hall–Kier alpha value is -4.15. The van der Waals surface area contributed by atoms with Crippen LogP contribution in [0.5, 0.6) is 0 Å². The lowest BCUT2D eigenvalue weighted by Crippen LogP contribution is -2.57. The van der Waals surface area contributed by atoms with Gasteiger partial charge in [0.05, 0.1) is 6.04 Å². The molecule has 0 spiro atoms. The van der Waals surface area contributed by atoms with Gasteiger partial charge in [0.25, 0.3) is 0 Å². The Morgan fingerprint density at radius 1 is 0.750 bits per heavy atom. The molecule has 0 aliphatic rings. The summed E-state index contributed by atoms with van der Waals surface area (Å²) in [5, 5.41) is 17.0. The largest absolute Gasteiger partial charge is 0.480 e. The summed E-state index contributed by atoms with van der Waals surface area (Å²) in [4.78, 5) is 69.7. The lowest BCUT2D eigenvalue weighted by molar-refractivity contribution is -0.144. The molecule has 228 valence electrons. The first kappa shape index (κ1) is 35.9. The Balaban J connectivity index is 5.69. The van der Waals surface area contributed by atoms with E-state index in [0.717, 1.165) is 0 Å². The van der Waals surface area contributed by atoms with Gasteiger partial charge in [0.2, 0.25) is 23.6 Å². The molecule has 0 aromatic heterocycles. The number of nitrogens with one attached hydrogen (secondary N) is 3. The Morgan fingerprint density at radius 3 is 1.70 bits per heavy atom. The van der Waals surface area contributed by atoms with Crippen LogP contribution in [0.4, 0.5) is 0 Å². The minimum atomic E-state index is -1.31. The second-order valence-corrected chi connectivity index (χ2v) is 9.34. The monoisotopic (exact) mass is 571 g/mol. The van der Waals surface area contributed by atoms with E-state index in [1.807, 2.05) is 0 Å². The summed E-state index contributed by atoms with van der Waals surface area (Å²) in [7, 11) is 0.